The van der Waals surface area contributed by atoms with Gasteiger partial charge >= 0.3 is 0 Å². The second-order valence-electron chi connectivity index (χ2n) is 4.25. The van der Waals surface area contributed by atoms with Crippen molar-refractivity contribution in [1.82, 2.24) is 5.43 Å². The van der Waals surface area contributed by atoms with Crippen LogP contribution in [0.4, 0.5) is 13.2 Å². The minimum atomic E-state index is -0.994. The summed E-state index contributed by atoms with van der Waals surface area (Å²) in [5.74, 6) is 3.00. The Kier molecular flexibility index (Phi) is 3.87. The van der Waals surface area contributed by atoms with Gasteiger partial charge in [-0.25, -0.2) is 18.6 Å². The van der Waals surface area contributed by atoms with Gasteiger partial charge in [0, 0.05) is 5.56 Å². The lowest BCUT2D eigenvalue weighted by Crippen LogP contribution is -2.29. The highest BCUT2D eigenvalue weighted by Crippen LogP contribution is 2.26. The maximum Gasteiger partial charge on any atom is 0.163 e. The molecule has 3 N–H and O–H groups in total. The second kappa shape index (κ2) is 5.42. The molecule has 0 saturated heterocycles. The number of rotatable bonds is 3. The van der Waals surface area contributed by atoms with Crippen LogP contribution in [0.25, 0.3) is 0 Å². The first-order valence-electron chi connectivity index (χ1n) is 5.70. The van der Waals surface area contributed by atoms with Crippen LogP contribution >= 0.6 is 0 Å². The van der Waals surface area contributed by atoms with Crippen molar-refractivity contribution in [3.8, 4) is 0 Å². The van der Waals surface area contributed by atoms with Crippen molar-refractivity contribution in [1.29, 1.82) is 0 Å². The van der Waals surface area contributed by atoms with Gasteiger partial charge in [0.1, 0.15) is 5.82 Å². The molecule has 2 nitrogen and oxygen atoms in total. The first-order valence-corrected chi connectivity index (χ1v) is 5.70. The molecule has 0 saturated carbocycles. The van der Waals surface area contributed by atoms with E-state index in [0.717, 1.165) is 6.07 Å². The van der Waals surface area contributed by atoms with Crippen LogP contribution in [0.1, 0.15) is 22.7 Å². The second-order valence-corrected chi connectivity index (χ2v) is 4.25. The number of hydrogen-bond donors (Lipinski definition) is 2. The number of nitrogens with one attached hydrogen (secondary N) is 1. The highest BCUT2D eigenvalue weighted by Gasteiger charge is 2.19. The van der Waals surface area contributed by atoms with Gasteiger partial charge in [0.25, 0.3) is 0 Å². The number of halogens is 3. The molecule has 0 spiro atoms. The van der Waals surface area contributed by atoms with Crippen LogP contribution in [0.5, 0.6) is 0 Å². The number of nitrogens with two attached hydrogens (primary N) is 1. The first kappa shape index (κ1) is 13.6. The summed E-state index contributed by atoms with van der Waals surface area (Å²) in [4.78, 5) is 0. The third-order valence-corrected chi connectivity index (χ3v) is 2.99. The molecule has 0 aliphatic heterocycles. The maximum atomic E-state index is 13.7. The Hall–Kier alpha value is -1.85. The Labute approximate surface area is 109 Å². The fourth-order valence-electron chi connectivity index (χ4n) is 1.90. The van der Waals surface area contributed by atoms with Crippen LogP contribution in [-0.2, 0) is 0 Å². The lowest BCUT2D eigenvalue weighted by molar-refractivity contribution is 0.482. The van der Waals surface area contributed by atoms with Gasteiger partial charge in [-0.1, -0.05) is 24.3 Å². The van der Waals surface area contributed by atoms with Crippen molar-refractivity contribution in [3.05, 3.63) is 70.5 Å². The quantitative estimate of drug-likeness (QED) is 0.662. The van der Waals surface area contributed by atoms with E-state index in [4.69, 9.17) is 5.84 Å². The zero-order chi connectivity index (χ0) is 14.0. The molecular formula is C14H13F3N2. The minimum absolute atomic E-state index is 0.0331. The molecule has 1 atom stereocenters. The molecule has 0 aromatic heterocycles. The average Bonchev–Trinajstić information content (AvgIpc) is 2.39. The molecule has 2 aromatic rings. The Morgan fingerprint density at radius 3 is 2.42 bits per heavy atom. The van der Waals surface area contributed by atoms with Crippen LogP contribution in [0.2, 0.25) is 0 Å². The zero-order valence-electron chi connectivity index (χ0n) is 10.3. The van der Waals surface area contributed by atoms with E-state index < -0.39 is 23.5 Å². The molecule has 0 heterocycles. The predicted octanol–water partition coefficient (Wildman–Crippen LogP) is 2.97. The standard InChI is InChI=1S/C14H13F3N2/c1-8-5-6-9(7-12(8)16)14(19-18)10-3-2-4-11(15)13(10)17/h2-7,14,19H,18H2,1H3. The van der Waals surface area contributed by atoms with Crippen molar-refractivity contribution >= 4 is 0 Å². The van der Waals surface area contributed by atoms with E-state index in [9.17, 15) is 13.2 Å². The van der Waals surface area contributed by atoms with E-state index in [1.54, 1.807) is 19.1 Å². The number of hydrazine groups is 1. The molecule has 2 rings (SSSR count). The lowest BCUT2D eigenvalue weighted by atomic mass is 9.97. The summed E-state index contributed by atoms with van der Waals surface area (Å²) in [5, 5.41) is 0. The highest BCUT2D eigenvalue weighted by molar-refractivity contribution is 5.35. The smallest absolute Gasteiger partial charge is 0.163 e. The summed E-state index contributed by atoms with van der Waals surface area (Å²) in [6, 6.07) is 7.42. The topological polar surface area (TPSA) is 38.0 Å². The van der Waals surface area contributed by atoms with E-state index >= 15 is 0 Å². The molecule has 2 aromatic carbocycles. The van der Waals surface area contributed by atoms with Crippen molar-refractivity contribution in [2.24, 2.45) is 5.84 Å². The SMILES string of the molecule is Cc1ccc(C(NN)c2cccc(F)c2F)cc1F. The molecule has 0 bridgehead atoms. The van der Waals surface area contributed by atoms with Crippen molar-refractivity contribution in [2.45, 2.75) is 13.0 Å². The van der Waals surface area contributed by atoms with Gasteiger partial charge in [-0.3, -0.25) is 5.84 Å². The van der Waals surface area contributed by atoms with Crippen LogP contribution in [0, 0.1) is 24.4 Å². The van der Waals surface area contributed by atoms with E-state index in [2.05, 4.69) is 5.43 Å². The molecule has 1 unspecified atom stereocenters. The van der Waals surface area contributed by atoms with Gasteiger partial charge in [0.05, 0.1) is 6.04 Å². The molecule has 5 heteroatoms. The van der Waals surface area contributed by atoms with Crippen LogP contribution in [-0.4, -0.2) is 0 Å². The summed E-state index contributed by atoms with van der Waals surface area (Å²) in [7, 11) is 0. The van der Waals surface area contributed by atoms with Crippen molar-refractivity contribution in [3.63, 3.8) is 0 Å². The van der Waals surface area contributed by atoms with E-state index in [1.807, 2.05) is 0 Å². The molecule has 0 amide bonds. The summed E-state index contributed by atoms with van der Waals surface area (Å²) in [6.45, 7) is 1.62. The number of benzene rings is 2. The molecule has 19 heavy (non-hydrogen) atoms. The highest BCUT2D eigenvalue weighted by atomic mass is 19.2. The minimum Gasteiger partial charge on any atom is -0.271 e. The summed E-state index contributed by atoms with van der Waals surface area (Å²) in [5.41, 5.74) is 3.31. The van der Waals surface area contributed by atoms with Gasteiger partial charge in [0.15, 0.2) is 11.6 Å². The molecule has 0 aliphatic carbocycles. The van der Waals surface area contributed by atoms with E-state index in [-0.39, 0.29) is 5.56 Å². The van der Waals surface area contributed by atoms with Gasteiger partial charge in [-0.05, 0) is 30.2 Å². The van der Waals surface area contributed by atoms with Gasteiger partial charge in [0.2, 0.25) is 0 Å². The molecule has 0 fully saturated rings. The van der Waals surface area contributed by atoms with Crippen LogP contribution in [0.15, 0.2) is 36.4 Å². The normalized spacial score (nSPS) is 12.5. The molecule has 100 valence electrons. The Morgan fingerprint density at radius 2 is 1.79 bits per heavy atom. The monoisotopic (exact) mass is 266 g/mol. The molecule has 0 aliphatic rings. The lowest BCUT2D eigenvalue weighted by Gasteiger charge is -2.18. The largest absolute Gasteiger partial charge is 0.271 e. The maximum absolute atomic E-state index is 13.7. The first-order chi connectivity index (χ1) is 9.04. The Morgan fingerprint density at radius 1 is 1.05 bits per heavy atom. The molecule has 0 radical (unpaired) electrons. The number of aryl methyl sites for hydroxylation is 1. The van der Waals surface area contributed by atoms with Gasteiger partial charge < -0.3 is 0 Å². The summed E-state index contributed by atoms with van der Waals surface area (Å²) >= 11 is 0. The van der Waals surface area contributed by atoms with Crippen molar-refractivity contribution < 1.29 is 13.2 Å². The van der Waals surface area contributed by atoms with E-state index in [1.165, 1.54) is 18.2 Å². The van der Waals surface area contributed by atoms with Crippen molar-refractivity contribution in [2.75, 3.05) is 0 Å². The fraction of sp³-hybridized carbons (Fsp3) is 0.143. The number of hydrogen-bond acceptors (Lipinski definition) is 2. The van der Waals surface area contributed by atoms with Gasteiger partial charge in [-0.2, -0.15) is 0 Å². The summed E-state index contributed by atoms with van der Waals surface area (Å²) < 4.78 is 40.5. The molecular weight excluding hydrogens is 253 g/mol. The summed E-state index contributed by atoms with van der Waals surface area (Å²) in [6.07, 6.45) is 0. The Balaban J connectivity index is 2.50. The average molecular weight is 266 g/mol. The predicted molar refractivity (Wildman–Crippen MR) is 66.7 cm³/mol. The third kappa shape index (κ3) is 2.62. The fourth-order valence-corrected chi connectivity index (χ4v) is 1.90. The van der Waals surface area contributed by atoms with Crippen LogP contribution < -0.4 is 11.3 Å². The third-order valence-electron chi connectivity index (χ3n) is 2.99. The van der Waals surface area contributed by atoms with Gasteiger partial charge in [-0.15, -0.1) is 0 Å². The Bertz CT molecular complexity index is 599. The van der Waals surface area contributed by atoms with Crippen LogP contribution in [0.3, 0.4) is 0 Å². The zero-order valence-corrected chi connectivity index (χ0v) is 10.3. The van der Waals surface area contributed by atoms with E-state index in [0.29, 0.717) is 11.1 Å².